The summed E-state index contributed by atoms with van der Waals surface area (Å²) in [5.74, 6) is 0. The summed E-state index contributed by atoms with van der Waals surface area (Å²) in [6, 6.07) is 5.12. The smallest absolute Gasteiger partial charge is 0.331 e. The van der Waals surface area contributed by atoms with Crippen molar-refractivity contribution in [1.29, 1.82) is 0 Å². The molecule has 1 aromatic heterocycles. The second-order valence-corrected chi connectivity index (χ2v) is 2.31. The first kappa shape index (κ1) is 9.47. The van der Waals surface area contributed by atoms with E-state index in [2.05, 4.69) is 20.6 Å². The molecule has 1 heterocycles. The number of nitrogens with zero attached hydrogens (tertiary/aromatic N) is 1. The summed E-state index contributed by atoms with van der Waals surface area (Å²) >= 11 is 0. The second-order valence-electron chi connectivity index (χ2n) is 2.31. The summed E-state index contributed by atoms with van der Waals surface area (Å²) in [5, 5.41) is 2.56. The van der Waals surface area contributed by atoms with Crippen molar-refractivity contribution in [3.05, 3.63) is 30.1 Å². The van der Waals surface area contributed by atoms with E-state index >= 15 is 0 Å². The number of carbonyl (C=O) groups excluding carboxylic acids is 1. The molecule has 13 heavy (non-hydrogen) atoms. The fourth-order valence-corrected chi connectivity index (χ4v) is 0.802. The Morgan fingerprint density at radius 1 is 1.62 bits per heavy atom. The number of hydroxylamine groups is 1. The Hall–Kier alpha value is -1.62. The van der Waals surface area contributed by atoms with E-state index < -0.39 is 0 Å². The Bertz CT molecular complexity index is 263. The number of amides is 2. The van der Waals surface area contributed by atoms with Gasteiger partial charge in [-0.2, -0.15) is 0 Å². The number of hydrogen-bond donors (Lipinski definition) is 2. The molecule has 0 radical (unpaired) electrons. The molecular formula is C8H11N3O2. The molecule has 0 aliphatic rings. The van der Waals surface area contributed by atoms with E-state index in [-0.39, 0.29) is 6.03 Å². The number of aromatic nitrogens is 1. The van der Waals surface area contributed by atoms with Crippen molar-refractivity contribution < 1.29 is 9.63 Å². The van der Waals surface area contributed by atoms with Gasteiger partial charge in [-0.3, -0.25) is 9.82 Å². The summed E-state index contributed by atoms with van der Waals surface area (Å²) in [7, 11) is 1.38. The summed E-state index contributed by atoms with van der Waals surface area (Å²) in [5.41, 5.74) is 2.94. The first-order chi connectivity index (χ1) is 6.33. The highest BCUT2D eigenvalue weighted by atomic mass is 16.6. The van der Waals surface area contributed by atoms with Gasteiger partial charge in [-0.1, -0.05) is 6.07 Å². The van der Waals surface area contributed by atoms with Crippen LogP contribution in [0.1, 0.15) is 5.69 Å². The quantitative estimate of drug-likeness (QED) is 0.665. The third-order valence-electron chi connectivity index (χ3n) is 1.35. The first-order valence-corrected chi connectivity index (χ1v) is 3.79. The Balaban J connectivity index is 2.31. The summed E-state index contributed by atoms with van der Waals surface area (Å²) in [6.45, 7) is 0.385. The molecule has 5 nitrogen and oxygen atoms in total. The highest BCUT2D eigenvalue weighted by molar-refractivity contribution is 5.72. The highest BCUT2D eigenvalue weighted by Crippen LogP contribution is 1.91. The van der Waals surface area contributed by atoms with Crippen LogP contribution in [0.25, 0.3) is 0 Å². The van der Waals surface area contributed by atoms with Crippen LogP contribution in [0.2, 0.25) is 0 Å². The van der Waals surface area contributed by atoms with E-state index in [4.69, 9.17) is 0 Å². The molecule has 0 atom stereocenters. The number of nitrogens with one attached hydrogen (secondary N) is 2. The van der Waals surface area contributed by atoms with E-state index in [9.17, 15) is 4.79 Å². The van der Waals surface area contributed by atoms with Crippen LogP contribution >= 0.6 is 0 Å². The van der Waals surface area contributed by atoms with Crippen LogP contribution in [0.3, 0.4) is 0 Å². The minimum atomic E-state index is -0.381. The predicted molar refractivity (Wildman–Crippen MR) is 46.6 cm³/mol. The molecule has 0 aromatic carbocycles. The van der Waals surface area contributed by atoms with Gasteiger partial charge in [-0.15, -0.1) is 0 Å². The molecule has 1 aromatic rings. The monoisotopic (exact) mass is 181 g/mol. The van der Waals surface area contributed by atoms with Crippen molar-refractivity contribution in [1.82, 2.24) is 15.8 Å². The third kappa shape index (κ3) is 3.53. The van der Waals surface area contributed by atoms with Gasteiger partial charge in [0, 0.05) is 6.20 Å². The lowest BCUT2D eigenvalue weighted by Gasteiger charge is -2.03. The second kappa shape index (κ2) is 5.10. The average molecular weight is 181 g/mol. The minimum Gasteiger partial charge on any atom is -0.331 e. The van der Waals surface area contributed by atoms with Crippen LogP contribution in [-0.4, -0.2) is 18.1 Å². The lowest BCUT2D eigenvalue weighted by atomic mass is 10.3. The van der Waals surface area contributed by atoms with Crippen LogP contribution in [0.4, 0.5) is 4.79 Å². The molecule has 0 saturated carbocycles. The maximum atomic E-state index is 10.8. The SMILES string of the molecule is CONC(=O)NCc1ccccn1. The fraction of sp³-hybridized carbons (Fsp3) is 0.250. The molecule has 0 aliphatic heterocycles. The zero-order valence-corrected chi connectivity index (χ0v) is 7.28. The normalized spacial score (nSPS) is 9.31. The maximum Gasteiger partial charge on any atom is 0.339 e. The van der Waals surface area contributed by atoms with Gasteiger partial charge in [-0.25, -0.2) is 10.3 Å². The molecule has 0 spiro atoms. The molecule has 0 fully saturated rings. The molecule has 2 amide bonds. The standard InChI is InChI=1S/C8H11N3O2/c1-13-11-8(12)10-6-7-4-2-3-5-9-7/h2-5H,6H2,1H3,(H2,10,11,12). The Morgan fingerprint density at radius 3 is 3.08 bits per heavy atom. The first-order valence-electron chi connectivity index (χ1n) is 3.79. The number of carbonyl (C=O) groups is 1. The van der Waals surface area contributed by atoms with E-state index in [1.165, 1.54) is 7.11 Å². The van der Waals surface area contributed by atoms with Gasteiger partial charge in [0.25, 0.3) is 0 Å². The molecule has 2 N–H and O–H groups in total. The molecule has 1 rings (SSSR count). The van der Waals surface area contributed by atoms with E-state index in [0.717, 1.165) is 5.69 Å². The fourth-order valence-electron chi connectivity index (χ4n) is 0.802. The van der Waals surface area contributed by atoms with Crippen molar-refractivity contribution in [3.63, 3.8) is 0 Å². The van der Waals surface area contributed by atoms with Crippen molar-refractivity contribution in [2.75, 3.05) is 7.11 Å². The van der Waals surface area contributed by atoms with Crippen molar-refractivity contribution in [2.45, 2.75) is 6.54 Å². The van der Waals surface area contributed by atoms with Crippen LogP contribution in [-0.2, 0) is 11.4 Å². The Morgan fingerprint density at radius 2 is 2.46 bits per heavy atom. The summed E-state index contributed by atoms with van der Waals surface area (Å²) in [4.78, 5) is 19.3. The molecule has 0 bridgehead atoms. The molecular weight excluding hydrogens is 170 g/mol. The lowest BCUT2D eigenvalue weighted by molar-refractivity contribution is 0.107. The Kier molecular flexibility index (Phi) is 3.72. The van der Waals surface area contributed by atoms with Gasteiger partial charge in [0.2, 0.25) is 0 Å². The molecule has 0 saturated heterocycles. The molecule has 0 aliphatic carbocycles. The van der Waals surface area contributed by atoms with Crippen molar-refractivity contribution >= 4 is 6.03 Å². The predicted octanol–water partition coefficient (Wildman–Crippen LogP) is 0.442. The number of rotatable bonds is 3. The summed E-state index contributed by atoms with van der Waals surface area (Å²) < 4.78 is 0. The molecule has 0 unspecified atom stereocenters. The number of hydrogen-bond acceptors (Lipinski definition) is 3. The Labute approximate surface area is 76.1 Å². The number of pyridine rings is 1. The maximum absolute atomic E-state index is 10.8. The minimum absolute atomic E-state index is 0.381. The van der Waals surface area contributed by atoms with Crippen molar-refractivity contribution in [2.24, 2.45) is 0 Å². The zero-order valence-electron chi connectivity index (χ0n) is 7.28. The van der Waals surface area contributed by atoms with E-state index in [1.807, 2.05) is 18.2 Å². The summed E-state index contributed by atoms with van der Waals surface area (Å²) in [6.07, 6.45) is 1.67. The third-order valence-corrected chi connectivity index (χ3v) is 1.35. The van der Waals surface area contributed by atoms with Gasteiger partial charge < -0.3 is 5.32 Å². The van der Waals surface area contributed by atoms with E-state index in [0.29, 0.717) is 6.54 Å². The molecule has 70 valence electrons. The average Bonchev–Trinajstić information content (AvgIpc) is 2.17. The van der Waals surface area contributed by atoms with Crippen LogP contribution in [0.5, 0.6) is 0 Å². The largest absolute Gasteiger partial charge is 0.339 e. The van der Waals surface area contributed by atoms with Crippen molar-refractivity contribution in [3.8, 4) is 0 Å². The lowest BCUT2D eigenvalue weighted by Crippen LogP contribution is -2.34. The van der Waals surface area contributed by atoms with Gasteiger partial charge in [-0.05, 0) is 12.1 Å². The zero-order chi connectivity index (χ0) is 9.52. The van der Waals surface area contributed by atoms with E-state index in [1.54, 1.807) is 6.20 Å². The number of urea groups is 1. The molecule has 5 heteroatoms. The van der Waals surface area contributed by atoms with Crippen LogP contribution < -0.4 is 10.8 Å². The van der Waals surface area contributed by atoms with Gasteiger partial charge >= 0.3 is 6.03 Å². The van der Waals surface area contributed by atoms with Crippen LogP contribution in [0, 0.1) is 0 Å². The highest BCUT2D eigenvalue weighted by Gasteiger charge is 1.98. The van der Waals surface area contributed by atoms with Crippen LogP contribution in [0.15, 0.2) is 24.4 Å². The topological polar surface area (TPSA) is 63.2 Å². The van der Waals surface area contributed by atoms with Gasteiger partial charge in [0.15, 0.2) is 0 Å². The van der Waals surface area contributed by atoms with Gasteiger partial charge in [0.05, 0.1) is 19.3 Å². The van der Waals surface area contributed by atoms with Gasteiger partial charge in [0.1, 0.15) is 0 Å².